The molecule has 1 heterocycles. The van der Waals surface area contributed by atoms with Gasteiger partial charge in [0.2, 0.25) is 0 Å². The van der Waals surface area contributed by atoms with Crippen molar-refractivity contribution in [3.63, 3.8) is 0 Å². The van der Waals surface area contributed by atoms with Gasteiger partial charge in [-0.2, -0.15) is 0 Å². The van der Waals surface area contributed by atoms with Gasteiger partial charge in [-0.3, -0.25) is 0 Å². The molecule has 0 amide bonds. The predicted octanol–water partition coefficient (Wildman–Crippen LogP) is 4.00. The van der Waals surface area contributed by atoms with E-state index in [1.54, 1.807) is 0 Å². The summed E-state index contributed by atoms with van der Waals surface area (Å²) in [6.45, 7) is 4.42. The molecule has 0 aromatic carbocycles. The van der Waals surface area contributed by atoms with Crippen molar-refractivity contribution in [1.29, 1.82) is 0 Å². The molecule has 1 aromatic heterocycles. The van der Waals surface area contributed by atoms with Crippen LogP contribution < -0.4 is 5.32 Å². The number of nitrogens with one attached hydrogen (secondary N) is 1. The highest BCUT2D eigenvalue weighted by molar-refractivity contribution is 9.11. The van der Waals surface area contributed by atoms with Crippen molar-refractivity contribution in [2.75, 3.05) is 13.1 Å². The Labute approximate surface area is 105 Å². The first-order valence-corrected chi connectivity index (χ1v) is 7.04. The largest absolute Gasteiger partial charge is 0.316 e. The number of allylic oxidation sites excluding steroid dienone is 1. The van der Waals surface area contributed by atoms with Gasteiger partial charge in [-0.1, -0.05) is 19.1 Å². The van der Waals surface area contributed by atoms with Crippen LogP contribution in [0.5, 0.6) is 0 Å². The van der Waals surface area contributed by atoms with Gasteiger partial charge in [0.25, 0.3) is 0 Å². The molecule has 15 heavy (non-hydrogen) atoms. The second-order valence-electron chi connectivity index (χ2n) is 3.42. The molecule has 1 N–H and O–H groups in total. The first-order valence-electron chi connectivity index (χ1n) is 5.43. The van der Waals surface area contributed by atoms with Crippen molar-refractivity contribution in [1.82, 2.24) is 5.32 Å². The van der Waals surface area contributed by atoms with Crippen LogP contribution in [0.3, 0.4) is 0 Å². The summed E-state index contributed by atoms with van der Waals surface area (Å²) < 4.78 is 1.22. The molecule has 0 unspecified atom stereocenters. The normalized spacial score (nSPS) is 11.3. The second kappa shape index (κ2) is 8.08. The molecule has 0 spiro atoms. The molecule has 0 saturated carbocycles. The van der Waals surface area contributed by atoms with Crippen molar-refractivity contribution in [2.24, 2.45) is 0 Å². The summed E-state index contributed by atoms with van der Waals surface area (Å²) in [5, 5.41) is 3.38. The van der Waals surface area contributed by atoms with Gasteiger partial charge in [0.05, 0.1) is 3.79 Å². The van der Waals surface area contributed by atoms with Gasteiger partial charge >= 0.3 is 0 Å². The summed E-state index contributed by atoms with van der Waals surface area (Å²) in [7, 11) is 0. The van der Waals surface area contributed by atoms with E-state index in [1.165, 1.54) is 15.1 Å². The third-order valence-electron chi connectivity index (χ3n) is 2.03. The highest BCUT2D eigenvalue weighted by Crippen LogP contribution is 2.22. The minimum absolute atomic E-state index is 1.06. The van der Waals surface area contributed by atoms with Crippen LogP contribution in [-0.4, -0.2) is 13.1 Å². The average Bonchev–Trinajstić information content (AvgIpc) is 2.63. The van der Waals surface area contributed by atoms with E-state index in [0.29, 0.717) is 0 Å². The molecular formula is C12H18BrNS. The zero-order valence-electron chi connectivity index (χ0n) is 9.13. The number of halogens is 1. The highest BCUT2D eigenvalue weighted by Gasteiger charge is 1.93. The van der Waals surface area contributed by atoms with E-state index in [-0.39, 0.29) is 0 Å². The Morgan fingerprint density at radius 2 is 2.20 bits per heavy atom. The average molecular weight is 288 g/mol. The fraction of sp³-hybridized carbons (Fsp3) is 0.500. The highest BCUT2D eigenvalue weighted by atomic mass is 79.9. The second-order valence-corrected chi connectivity index (χ2v) is 5.97. The lowest BCUT2D eigenvalue weighted by Crippen LogP contribution is -2.14. The molecule has 84 valence electrons. The maximum Gasteiger partial charge on any atom is 0.0701 e. The summed E-state index contributed by atoms with van der Waals surface area (Å²) in [4.78, 5) is 1.42. The van der Waals surface area contributed by atoms with E-state index >= 15 is 0 Å². The van der Waals surface area contributed by atoms with Gasteiger partial charge in [-0.15, -0.1) is 11.3 Å². The zero-order chi connectivity index (χ0) is 10.9. The van der Waals surface area contributed by atoms with Crippen molar-refractivity contribution in [3.05, 3.63) is 32.9 Å². The van der Waals surface area contributed by atoms with Gasteiger partial charge in [-0.05, 0) is 60.4 Å². The Balaban J connectivity index is 2.06. The van der Waals surface area contributed by atoms with Crippen LogP contribution in [0.1, 0.15) is 24.6 Å². The van der Waals surface area contributed by atoms with Crippen LogP contribution in [-0.2, 0) is 6.42 Å². The molecule has 3 heteroatoms. The Bertz CT molecular complexity index is 294. The number of hydrogen-bond acceptors (Lipinski definition) is 2. The lowest BCUT2D eigenvalue weighted by Gasteiger charge is -1.97. The topological polar surface area (TPSA) is 12.0 Å². The first kappa shape index (κ1) is 12.9. The fourth-order valence-corrected chi connectivity index (χ4v) is 2.72. The van der Waals surface area contributed by atoms with Crippen molar-refractivity contribution < 1.29 is 0 Å². The van der Waals surface area contributed by atoms with Gasteiger partial charge < -0.3 is 5.32 Å². The third kappa shape index (κ3) is 6.13. The summed E-state index contributed by atoms with van der Waals surface area (Å²) in [6.07, 6.45) is 7.92. The minimum atomic E-state index is 1.06. The molecule has 0 aliphatic carbocycles. The van der Waals surface area contributed by atoms with Gasteiger partial charge in [0, 0.05) is 4.88 Å². The number of rotatable bonds is 7. The molecule has 0 fully saturated rings. The van der Waals surface area contributed by atoms with Crippen LogP contribution in [0, 0.1) is 0 Å². The standard InChI is InChI=1S/C12H18BrNS/c1-2-9-14-10-5-3-4-6-11-7-8-12(13)15-11/h3-4,7-8,14H,2,5-6,9-10H2,1H3. The van der Waals surface area contributed by atoms with Crippen LogP contribution >= 0.6 is 27.3 Å². The quantitative estimate of drug-likeness (QED) is 0.590. The summed E-state index contributed by atoms with van der Waals surface area (Å²) >= 11 is 5.28. The van der Waals surface area contributed by atoms with Crippen molar-refractivity contribution >= 4 is 27.3 Å². The van der Waals surface area contributed by atoms with Crippen LogP contribution in [0.4, 0.5) is 0 Å². The van der Waals surface area contributed by atoms with Gasteiger partial charge in [0.1, 0.15) is 0 Å². The van der Waals surface area contributed by atoms with Crippen LogP contribution in [0.25, 0.3) is 0 Å². The Kier molecular flexibility index (Phi) is 6.98. The molecule has 0 atom stereocenters. The molecule has 1 rings (SSSR count). The van der Waals surface area contributed by atoms with E-state index < -0.39 is 0 Å². The van der Waals surface area contributed by atoms with Gasteiger partial charge in [-0.25, -0.2) is 0 Å². The van der Waals surface area contributed by atoms with E-state index in [4.69, 9.17) is 0 Å². The minimum Gasteiger partial charge on any atom is -0.316 e. The monoisotopic (exact) mass is 287 g/mol. The molecular weight excluding hydrogens is 270 g/mol. The molecule has 0 radical (unpaired) electrons. The molecule has 0 bridgehead atoms. The maximum absolute atomic E-state index is 3.47. The van der Waals surface area contributed by atoms with E-state index in [2.05, 4.69) is 52.5 Å². The SMILES string of the molecule is CCCNCCC=CCc1ccc(Br)s1. The van der Waals surface area contributed by atoms with Gasteiger partial charge in [0.15, 0.2) is 0 Å². The maximum atomic E-state index is 3.47. The Hall–Kier alpha value is -0.120. The van der Waals surface area contributed by atoms with E-state index in [9.17, 15) is 0 Å². The molecule has 1 aromatic rings. The lowest BCUT2D eigenvalue weighted by molar-refractivity contribution is 0.678. The fourth-order valence-electron chi connectivity index (χ4n) is 1.27. The third-order valence-corrected chi connectivity index (χ3v) is 3.68. The van der Waals surface area contributed by atoms with Crippen LogP contribution in [0.2, 0.25) is 0 Å². The Morgan fingerprint density at radius 1 is 1.33 bits per heavy atom. The molecule has 0 aliphatic heterocycles. The Morgan fingerprint density at radius 3 is 2.87 bits per heavy atom. The van der Waals surface area contributed by atoms with Crippen molar-refractivity contribution in [3.8, 4) is 0 Å². The summed E-state index contributed by atoms with van der Waals surface area (Å²) in [5.41, 5.74) is 0. The molecule has 0 saturated heterocycles. The lowest BCUT2D eigenvalue weighted by atomic mass is 10.3. The number of thiophene rings is 1. The summed E-state index contributed by atoms with van der Waals surface area (Å²) in [6, 6.07) is 4.28. The predicted molar refractivity (Wildman–Crippen MR) is 72.6 cm³/mol. The van der Waals surface area contributed by atoms with Crippen molar-refractivity contribution in [2.45, 2.75) is 26.2 Å². The first-order chi connectivity index (χ1) is 7.33. The smallest absolute Gasteiger partial charge is 0.0701 e. The summed E-state index contributed by atoms with van der Waals surface area (Å²) in [5.74, 6) is 0. The number of hydrogen-bond donors (Lipinski definition) is 1. The van der Waals surface area contributed by atoms with E-state index in [0.717, 1.165) is 25.9 Å². The molecule has 0 aliphatic rings. The van der Waals surface area contributed by atoms with Crippen LogP contribution in [0.15, 0.2) is 28.1 Å². The zero-order valence-corrected chi connectivity index (χ0v) is 11.5. The van der Waals surface area contributed by atoms with E-state index in [1.807, 2.05) is 11.3 Å². The molecule has 1 nitrogen and oxygen atoms in total.